The van der Waals surface area contributed by atoms with Crippen molar-refractivity contribution >= 4 is 5.97 Å². The van der Waals surface area contributed by atoms with Gasteiger partial charge in [-0.05, 0) is 30.9 Å². The molecule has 0 saturated carbocycles. The maximum atomic E-state index is 10.9. The summed E-state index contributed by atoms with van der Waals surface area (Å²) in [7, 11) is 0. The van der Waals surface area contributed by atoms with Crippen LogP contribution >= 0.6 is 0 Å². The molecule has 1 aromatic carbocycles. The summed E-state index contributed by atoms with van der Waals surface area (Å²) in [6.45, 7) is 0.159. The number of aromatic carboxylic acids is 1. The van der Waals surface area contributed by atoms with Gasteiger partial charge in [0.2, 0.25) is 0 Å². The van der Waals surface area contributed by atoms with E-state index in [2.05, 4.69) is 0 Å². The van der Waals surface area contributed by atoms with Crippen molar-refractivity contribution < 1.29 is 20.1 Å². The maximum Gasteiger partial charge on any atom is 0.339 e. The lowest BCUT2D eigenvalue weighted by atomic mass is 10.0. The first kappa shape index (κ1) is 12.5. The van der Waals surface area contributed by atoms with Gasteiger partial charge in [0.25, 0.3) is 0 Å². The predicted octanol–water partition coefficient (Wildman–Crippen LogP) is 1.80. The van der Waals surface area contributed by atoms with Gasteiger partial charge in [-0.1, -0.05) is 18.6 Å². The topological polar surface area (TPSA) is 77.8 Å². The van der Waals surface area contributed by atoms with Crippen molar-refractivity contribution in [1.82, 2.24) is 0 Å². The Morgan fingerprint density at radius 3 is 2.56 bits per heavy atom. The van der Waals surface area contributed by atoms with Crippen LogP contribution in [0.4, 0.5) is 0 Å². The normalized spacial score (nSPS) is 10.3. The number of benzene rings is 1. The lowest BCUT2D eigenvalue weighted by Crippen LogP contribution is -2.03. The van der Waals surface area contributed by atoms with E-state index in [1.54, 1.807) is 12.1 Å². The molecule has 0 bridgehead atoms. The summed E-state index contributed by atoms with van der Waals surface area (Å²) in [4.78, 5) is 10.9. The van der Waals surface area contributed by atoms with Crippen molar-refractivity contribution in [3.63, 3.8) is 0 Å². The quantitative estimate of drug-likeness (QED) is 0.644. The molecule has 3 N–H and O–H groups in total. The Kier molecular flexibility index (Phi) is 4.79. The molecule has 1 rings (SSSR count). The second kappa shape index (κ2) is 6.12. The zero-order chi connectivity index (χ0) is 12.0. The van der Waals surface area contributed by atoms with Crippen LogP contribution in [0.3, 0.4) is 0 Å². The van der Waals surface area contributed by atoms with Crippen LogP contribution in [0.1, 0.15) is 35.2 Å². The second-order valence-electron chi connectivity index (χ2n) is 3.65. The van der Waals surface area contributed by atoms with E-state index in [0.29, 0.717) is 12.0 Å². The first-order chi connectivity index (χ1) is 7.66. The minimum Gasteiger partial charge on any atom is -0.507 e. The number of phenols is 1. The SMILES string of the molecule is O=C(O)c1c(O)cccc1CCCCCO. The molecule has 88 valence electrons. The van der Waals surface area contributed by atoms with Gasteiger partial charge >= 0.3 is 5.97 Å². The van der Waals surface area contributed by atoms with Crippen LogP contribution in [0.5, 0.6) is 5.75 Å². The third-order valence-corrected chi connectivity index (χ3v) is 2.45. The fraction of sp³-hybridized carbons (Fsp3) is 0.417. The Bertz CT molecular complexity index is 360. The summed E-state index contributed by atoms with van der Waals surface area (Å²) in [5.41, 5.74) is 0.636. The summed E-state index contributed by atoms with van der Waals surface area (Å²) >= 11 is 0. The molecule has 0 spiro atoms. The number of rotatable bonds is 6. The average molecular weight is 224 g/mol. The van der Waals surface area contributed by atoms with E-state index in [4.69, 9.17) is 10.2 Å². The van der Waals surface area contributed by atoms with Crippen LogP contribution in [0.2, 0.25) is 0 Å². The smallest absolute Gasteiger partial charge is 0.339 e. The van der Waals surface area contributed by atoms with E-state index in [9.17, 15) is 9.90 Å². The number of aryl methyl sites for hydroxylation is 1. The number of aliphatic hydroxyl groups is 1. The van der Waals surface area contributed by atoms with Crippen LogP contribution in [0.25, 0.3) is 0 Å². The molecule has 0 aromatic heterocycles. The number of hydrogen-bond donors (Lipinski definition) is 3. The number of carbonyl (C=O) groups is 1. The minimum absolute atomic E-state index is 0.00787. The number of carboxylic acid groups (broad SMARTS) is 1. The molecule has 0 unspecified atom stereocenters. The van der Waals surface area contributed by atoms with Gasteiger partial charge in [0.1, 0.15) is 11.3 Å². The van der Waals surface area contributed by atoms with Crippen molar-refractivity contribution in [3.05, 3.63) is 29.3 Å². The molecule has 0 aliphatic heterocycles. The Morgan fingerprint density at radius 1 is 1.19 bits per heavy atom. The van der Waals surface area contributed by atoms with Gasteiger partial charge in [-0.2, -0.15) is 0 Å². The average Bonchev–Trinajstić information content (AvgIpc) is 2.24. The first-order valence-electron chi connectivity index (χ1n) is 5.32. The molecule has 4 heteroatoms. The molecular formula is C12H16O4. The fourth-order valence-corrected chi connectivity index (χ4v) is 1.65. The van der Waals surface area contributed by atoms with Crippen LogP contribution in [0.15, 0.2) is 18.2 Å². The van der Waals surface area contributed by atoms with E-state index in [1.807, 2.05) is 0 Å². The first-order valence-corrected chi connectivity index (χ1v) is 5.32. The van der Waals surface area contributed by atoms with Gasteiger partial charge < -0.3 is 15.3 Å². The number of unbranched alkanes of at least 4 members (excludes halogenated alkanes) is 2. The van der Waals surface area contributed by atoms with Crippen molar-refractivity contribution in [2.24, 2.45) is 0 Å². The third-order valence-electron chi connectivity index (χ3n) is 2.45. The molecule has 0 fully saturated rings. The molecular weight excluding hydrogens is 208 g/mol. The maximum absolute atomic E-state index is 10.9. The van der Waals surface area contributed by atoms with Crippen molar-refractivity contribution in [3.8, 4) is 5.75 Å². The molecule has 1 aromatic rings. The van der Waals surface area contributed by atoms with Gasteiger partial charge in [0, 0.05) is 6.61 Å². The number of aliphatic hydroxyl groups excluding tert-OH is 1. The van der Waals surface area contributed by atoms with Crippen LogP contribution in [0, 0.1) is 0 Å². The monoisotopic (exact) mass is 224 g/mol. The Labute approximate surface area is 94.2 Å². The molecule has 16 heavy (non-hydrogen) atoms. The van der Waals surface area contributed by atoms with Crippen molar-refractivity contribution in [2.45, 2.75) is 25.7 Å². The van der Waals surface area contributed by atoms with E-state index in [1.165, 1.54) is 6.07 Å². The molecule has 0 radical (unpaired) electrons. The third kappa shape index (κ3) is 3.24. The highest BCUT2D eigenvalue weighted by molar-refractivity contribution is 5.92. The summed E-state index contributed by atoms with van der Waals surface area (Å²) in [6, 6.07) is 4.73. The lowest BCUT2D eigenvalue weighted by molar-refractivity contribution is 0.0692. The summed E-state index contributed by atoms with van der Waals surface area (Å²) < 4.78 is 0. The molecule has 0 aliphatic rings. The highest BCUT2D eigenvalue weighted by atomic mass is 16.4. The molecule has 4 nitrogen and oxygen atoms in total. The Balaban J connectivity index is 2.71. The summed E-state index contributed by atoms with van der Waals surface area (Å²) in [6.07, 6.45) is 2.99. The van der Waals surface area contributed by atoms with Gasteiger partial charge in [0.05, 0.1) is 0 Å². The lowest BCUT2D eigenvalue weighted by Gasteiger charge is -2.07. The van der Waals surface area contributed by atoms with Crippen LogP contribution in [-0.2, 0) is 6.42 Å². The van der Waals surface area contributed by atoms with Crippen molar-refractivity contribution in [1.29, 1.82) is 0 Å². The highest BCUT2D eigenvalue weighted by Gasteiger charge is 2.14. The van der Waals surface area contributed by atoms with Gasteiger partial charge in [-0.25, -0.2) is 4.79 Å². The van der Waals surface area contributed by atoms with Gasteiger partial charge in [0.15, 0.2) is 0 Å². The minimum atomic E-state index is -1.10. The van der Waals surface area contributed by atoms with E-state index in [-0.39, 0.29) is 17.9 Å². The number of hydrogen-bond acceptors (Lipinski definition) is 3. The largest absolute Gasteiger partial charge is 0.507 e. The second-order valence-corrected chi connectivity index (χ2v) is 3.65. The van der Waals surface area contributed by atoms with Crippen molar-refractivity contribution in [2.75, 3.05) is 6.61 Å². The van der Waals surface area contributed by atoms with Gasteiger partial charge in [-0.15, -0.1) is 0 Å². The summed E-state index contributed by atoms with van der Waals surface area (Å²) in [5.74, 6) is -1.29. The van der Waals surface area contributed by atoms with E-state index >= 15 is 0 Å². The zero-order valence-corrected chi connectivity index (χ0v) is 9.02. The zero-order valence-electron chi connectivity index (χ0n) is 9.02. The van der Waals surface area contributed by atoms with Crippen LogP contribution < -0.4 is 0 Å². The summed E-state index contributed by atoms with van der Waals surface area (Å²) in [5, 5.41) is 27.0. The Hall–Kier alpha value is -1.55. The standard InChI is InChI=1S/C12H16O4/c13-8-3-1-2-5-9-6-4-7-10(14)11(9)12(15)16/h4,6-7,13-14H,1-3,5,8H2,(H,15,16). The van der Waals surface area contributed by atoms with Crippen LogP contribution in [-0.4, -0.2) is 27.9 Å². The molecule has 0 amide bonds. The molecule has 0 saturated heterocycles. The molecule has 0 atom stereocenters. The Morgan fingerprint density at radius 2 is 1.94 bits per heavy atom. The van der Waals surface area contributed by atoms with Gasteiger partial charge in [-0.3, -0.25) is 0 Å². The van der Waals surface area contributed by atoms with E-state index < -0.39 is 5.97 Å². The molecule has 0 heterocycles. The number of aromatic hydroxyl groups is 1. The molecule has 0 aliphatic carbocycles. The van der Waals surface area contributed by atoms with E-state index in [0.717, 1.165) is 19.3 Å². The highest BCUT2D eigenvalue weighted by Crippen LogP contribution is 2.22. The predicted molar refractivity (Wildman–Crippen MR) is 59.7 cm³/mol. The fourth-order valence-electron chi connectivity index (χ4n) is 1.65. The number of carboxylic acids is 1.